The number of alkyl halides is 3. The van der Waals surface area contributed by atoms with E-state index in [9.17, 15) is 13.2 Å². The molecule has 176 valence electrons. The van der Waals surface area contributed by atoms with Crippen molar-refractivity contribution in [1.29, 1.82) is 0 Å². The van der Waals surface area contributed by atoms with E-state index in [1.54, 1.807) is 4.68 Å². The van der Waals surface area contributed by atoms with Gasteiger partial charge in [0.15, 0.2) is 5.82 Å². The van der Waals surface area contributed by atoms with E-state index in [2.05, 4.69) is 44.3 Å². The van der Waals surface area contributed by atoms with E-state index in [1.807, 2.05) is 26.0 Å². The van der Waals surface area contributed by atoms with Crippen molar-refractivity contribution < 1.29 is 13.2 Å². The molecular weight excluding hydrogens is 474 g/mol. The summed E-state index contributed by atoms with van der Waals surface area (Å²) in [7, 11) is 0.428. The SMILES string of the molecule is CC1=CC=C(n2ncnc2C(C)Nc2ncnc3c(C(F)(F)F)cc(Cl)cc23)NP1.CCC. The minimum atomic E-state index is -4.59. The quantitative estimate of drug-likeness (QED) is 0.407. The van der Waals surface area contributed by atoms with Crippen LogP contribution in [0.1, 0.15) is 51.5 Å². The van der Waals surface area contributed by atoms with E-state index in [0.717, 1.165) is 18.2 Å². The van der Waals surface area contributed by atoms with Crippen molar-refractivity contribution in [3.05, 3.63) is 58.7 Å². The largest absolute Gasteiger partial charge is 0.418 e. The lowest BCUT2D eigenvalue weighted by Gasteiger charge is -2.20. The van der Waals surface area contributed by atoms with Crippen LogP contribution in [-0.2, 0) is 6.18 Å². The van der Waals surface area contributed by atoms with Gasteiger partial charge in [0, 0.05) is 19.1 Å². The summed E-state index contributed by atoms with van der Waals surface area (Å²) >= 11 is 5.95. The molecule has 1 aliphatic rings. The Morgan fingerprint density at radius 2 is 1.88 bits per heavy atom. The standard InChI is InChI=1S/C18H16ClF3N7P.C3H8/c1-9-3-4-14(28-30-9)29-17(25-8-26-29)10(2)27-16-12-5-11(19)6-13(18(20,21)22)15(12)23-7-24-16;1-3-2/h3-8,10,28,30H,1-2H3,(H,23,24,27);3H2,1-2H3. The third-order valence-corrected chi connectivity index (χ3v) is 5.59. The van der Waals surface area contributed by atoms with Crippen molar-refractivity contribution >= 4 is 42.9 Å². The molecule has 3 heterocycles. The van der Waals surface area contributed by atoms with Gasteiger partial charge in [-0.05, 0) is 37.4 Å². The van der Waals surface area contributed by atoms with Gasteiger partial charge in [-0.3, -0.25) is 0 Å². The van der Waals surface area contributed by atoms with Crippen molar-refractivity contribution in [2.45, 2.75) is 46.3 Å². The minimum Gasteiger partial charge on any atom is -0.360 e. The van der Waals surface area contributed by atoms with Crippen LogP contribution in [0, 0.1) is 0 Å². The lowest BCUT2D eigenvalue weighted by atomic mass is 10.1. The molecule has 33 heavy (non-hydrogen) atoms. The highest BCUT2D eigenvalue weighted by Gasteiger charge is 2.34. The number of fused-ring (bicyclic) bond motifs is 1. The molecule has 1 aromatic carbocycles. The number of nitrogens with one attached hydrogen (secondary N) is 2. The van der Waals surface area contributed by atoms with Gasteiger partial charge in [-0.25, -0.2) is 15.0 Å². The molecule has 0 bridgehead atoms. The summed E-state index contributed by atoms with van der Waals surface area (Å²) in [5.41, 5.74) is -1.14. The Bertz CT molecular complexity index is 1190. The highest BCUT2D eigenvalue weighted by Crippen LogP contribution is 2.38. The van der Waals surface area contributed by atoms with Crippen LogP contribution >= 0.6 is 20.3 Å². The number of nitrogens with zero attached hydrogens (tertiary/aromatic N) is 5. The molecule has 0 aliphatic carbocycles. The Labute approximate surface area is 196 Å². The molecule has 0 fully saturated rings. The van der Waals surface area contributed by atoms with Crippen molar-refractivity contribution in [2.24, 2.45) is 0 Å². The van der Waals surface area contributed by atoms with Gasteiger partial charge in [0.1, 0.15) is 24.3 Å². The van der Waals surface area contributed by atoms with Gasteiger partial charge in [0.25, 0.3) is 0 Å². The van der Waals surface area contributed by atoms with Crippen LogP contribution in [0.3, 0.4) is 0 Å². The van der Waals surface area contributed by atoms with Crippen molar-refractivity contribution in [3.63, 3.8) is 0 Å². The van der Waals surface area contributed by atoms with Crippen LogP contribution in [0.25, 0.3) is 16.7 Å². The maximum absolute atomic E-state index is 13.4. The molecule has 2 aromatic heterocycles. The van der Waals surface area contributed by atoms with E-state index in [0.29, 0.717) is 14.6 Å². The average Bonchev–Trinajstić information content (AvgIpc) is 3.24. The molecule has 0 amide bonds. The van der Waals surface area contributed by atoms with Gasteiger partial charge in [0.05, 0.1) is 17.1 Å². The maximum Gasteiger partial charge on any atom is 0.418 e. The fourth-order valence-electron chi connectivity index (χ4n) is 3.04. The molecule has 7 nitrogen and oxygen atoms in total. The third-order valence-electron chi connectivity index (χ3n) is 4.43. The van der Waals surface area contributed by atoms with Gasteiger partial charge in [-0.15, -0.1) is 0 Å². The van der Waals surface area contributed by atoms with E-state index in [1.165, 1.54) is 24.1 Å². The van der Waals surface area contributed by atoms with Gasteiger partial charge >= 0.3 is 6.18 Å². The van der Waals surface area contributed by atoms with E-state index in [-0.39, 0.29) is 21.7 Å². The second-order valence-electron chi connectivity index (χ2n) is 7.32. The highest BCUT2D eigenvalue weighted by molar-refractivity contribution is 7.41. The number of aromatic nitrogens is 5. The van der Waals surface area contributed by atoms with Crippen LogP contribution in [0.5, 0.6) is 0 Å². The van der Waals surface area contributed by atoms with Gasteiger partial charge in [-0.2, -0.15) is 23.0 Å². The minimum absolute atomic E-state index is 0.0526. The molecule has 0 saturated heterocycles. The van der Waals surface area contributed by atoms with Crippen LogP contribution in [0.4, 0.5) is 19.0 Å². The summed E-state index contributed by atoms with van der Waals surface area (Å²) in [4.78, 5) is 12.3. The normalized spacial score (nSPS) is 15.3. The molecule has 12 heteroatoms. The summed E-state index contributed by atoms with van der Waals surface area (Å²) in [5.74, 6) is 1.55. The summed E-state index contributed by atoms with van der Waals surface area (Å²) < 4.78 is 41.9. The Hall–Kier alpha value is -2.71. The maximum atomic E-state index is 13.4. The number of anilines is 1. The van der Waals surface area contributed by atoms with Gasteiger partial charge in [0.2, 0.25) is 0 Å². The first-order valence-corrected chi connectivity index (χ1v) is 11.6. The molecule has 0 saturated carbocycles. The summed E-state index contributed by atoms with van der Waals surface area (Å²) in [6, 6.07) is 1.85. The van der Waals surface area contributed by atoms with Crippen molar-refractivity contribution in [2.75, 3.05) is 5.32 Å². The number of hydrogen-bond acceptors (Lipinski definition) is 6. The fraction of sp³-hybridized carbons (Fsp3) is 0.333. The van der Waals surface area contributed by atoms with Gasteiger partial charge < -0.3 is 10.4 Å². The summed E-state index contributed by atoms with van der Waals surface area (Å²) in [6.07, 6.45) is 3.05. The summed E-state index contributed by atoms with van der Waals surface area (Å²) in [6.45, 7) is 8.09. The Kier molecular flexibility index (Phi) is 7.92. The number of rotatable bonds is 4. The van der Waals surface area contributed by atoms with Gasteiger partial charge in [-0.1, -0.05) is 37.9 Å². The molecular formula is C21H24ClF3N7P. The lowest BCUT2D eigenvalue weighted by molar-refractivity contribution is -0.136. The fourth-order valence-corrected chi connectivity index (χ4v) is 3.94. The Morgan fingerprint density at radius 3 is 2.52 bits per heavy atom. The molecule has 2 N–H and O–H groups in total. The summed E-state index contributed by atoms with van der Waals surface area (Å²) in [5, 5.41) is 12.0. The van der Waals surface area contributed by atoms with Crippen molar-refractivity contribution in [1.82, 2.24) is 29.8 Å². The lowest BCUT2D eigenvalue weighted by Crippen LogP contribution is -2.20. The van der Waals surface area contributed by atoms with Crippen molar-refractivity contribution in [3.8, 4) is 0 Å². The highest BCUT2D eigenvalue weighted by atomic mass is 35.5. The molecule has 2 unspecified atom stereocenters. The number of benzene rings is 1. The predicted octanol–water partition coefficient (Wildman–Crippen LogP) is 6.38. The monoisotopic (exact) mass is 497 g/mol. The molecule has 2 atom stereocenters. The molecule has 3 aromatic rings. The smallest absolute Gasteiger partial charge is 0.360 e. The molecule has 1 aliphatic heterocycles. The first-order valence-electron chi connectivity index (χ1n) is 10.2. The number of allylic oxidation sites excluding steroid dienone is 3. The number of hydrogen-bond donors (Lipinski definition) is 2. The van der Waals surface area contributed by atoms with Crippen LogP contribution < -0.4 is 10.4 Å². The molecule has 4 rings (SSSR count). The van der Waals surface area contributed by atoms with Crippen LogP contribution in [-0.4, -0.2) is 24.7 Å². The second-order valence-corrected chi connectivity index (χ2v) is 9.05. The molecule has 0 radical (unpaired) electrons. The van der Waals surface area contributed by atoms with E-state index >= 15 is 0 Å². The average molecular weight is 498 g/mol. The Balaban J connectivity index is 0.000000968. The Morgan fingerprint density at radius 1 is 1.15 bits per heavy atom. The number of halogens is 4. The predicted molar refractivity (Wildman–Crippen MR) is 127 cm³/mol. The van der Waals surface area contributed by atoms with Crippen LogP contribution in [0.15, 0.2) is 42.3 Å². The first kappa shape index (κ1) is 24.9. The topological polar surface area (TPSA) is 80.6 Å². The second kappa shape index (κ2) is 10.5. The zero-order chi connectivity index (χ0) is 24.2. The zero-order valence-corrected chi connectivity index (χ0v) is 20.3. The van der Waals surface area contributed by atoms with E-state index < -0.39 is 17.8 Å². The molecule has 0 spiro atoms. The third kappa shape index (κ3) is 5.81. The first-order chi connectivity index (χ1) is 15.7. The zero-order valence-electron chi connectivity index (χ0n) is 18.5. The van der Waals surface area contributed by atoms with E-state index in [4.69, 9.17) is 11.6 Å². The van der Waals surface area contributed by atoms with Crippen LogP contribution in [0.2, 0.25) is 5.02 Å².